The zero-order chi connectivity index (χ0) is 8.85. The average Bonchev–Trinajstić information content (AvgIpc) is 1.99. The van der Waals surface area contributed by atoms with Crippen LogP contribution in [0.5, 0.6) is 0 Å². The fourth-order valence-electron chi connectivity index (χ4n) is 0.647. The lowest BCUT2D eigenvalue weighted by Gasteiger charge is -2.19. The topological polar surface area (TPSA) is 20.3 Å². The SMILES string of the molecule is C=CC(=O)CCN(C)C(C)C. The van der Waals surface area contributed by atoms with Crippen molar-refractivity contribution in [1.29, 1.82) is 0 Å². The van der Waals surface area contributed by atoms with Crippen LogP contribution in [-0.2, 0) is 4.79 Å². The molecule has 0 spiro atoms. The van der Waals surface area contributed by atoms with Gasteiger partial charge in [0.1, 0.15) is 0 Å². The third-order valence-electron chi connectivity index (χ3n) is 1.82. The van der Waals surface area contributed by atoms with Gasteiger partial charge in [-0.3, -0.25) is 4.79 Å². The normalized spacial score (nSPS) is 10.6. The van der Waals surface area contributed by atoms with Crippen molar-refractivity contribution in [2.45, 2.75) is 26.3 Å². The Balaban J connectivity index is 3.53. The van der Waals surface area contributed by atoms with Crippen LogP contribution in [0.15, 0.2) is 12.7 Å². The van der Waals surface area contributed by atoms with Crippen molar-refractivity contribution in [1.82, 2.24) is 4.90 Å². The van der Waals surface area contributed by atoms with Crippen molar-refractivity contribution < 1.29 is 4.79 Å². The van der Waals surface area contributed by atoms with Crippen LogP contribution in [0.25, 0.3) is 0 Å². The van der Waals surface area contributed by atoms with Gasteiger partial charge in [-0.15, -0.1) is 0 Å². The third-order valence-corrected chi connectivity index (χ3v) is 1.82. The summed E-state index contributed by atoms with van der Waals surface area (Å²) < 4.78 is 0. The lowest BCUT2D eigenvalue weighted by Crippen LogP contribution is -2.28. The van der Waals surface area contributed by atoms with E-state index in [2.05, 4.69) is 25.3 Å². The highest BCUT2D eigenvalue weighted by molar-refractivity contribution is 5.89. The number of allylic oxidation sites excluding steroid dienone is 1. The highest BCUT2D eigenvalue weighted by atomic mass is 16.1. The third kappa shape index (κ3) is 4.73. The van der Waals surface area contributed by atoms with E-state index in [1.54, 1.807) is 0 Å². The summed E-state index contributed by atoms with van der Waals surface area (Å²) in [5.41, 5.74) is 0. The first-order valence-electron chi connectivity index (χ1n) is 3.93. The number of rotatable bonds is 5. The standard InChI is InChI=1S/C9H17NO/c1-5-9(11)6-7-10(4)8(2)3/h5,8H,1,6-7H2,2-4H3. The van der Waals surface area contributed by atoms with E-state index in [9.17, 15) is 4.79 Å². The minimum Gasteiger partial charge on any atom is -0.304 e. The molecule has 2 heteroatoms. The fourth-order valence-corrected chi connectivity index (χ4v) is 0.647. The molecule has 0 aliphatic rings. The van der Waals surface area contributed by atoms with Crippen LogP contribution in [-0.4, -0.2) is 30.3 Å². The Hall–Kier alpha value is -0.630. The summed E-state index contributed by atoms with van der Waals surface area (Å²) in [6.45, 7) is 8.46. The fraction of sp³-hybridized carbons (Fsp3) is 0.667. The molecule has 0 aromatic carbocycles. The first-order valence-corrected chi connectivity index (χ1v) is 3.93. The Kier molecular flexibility index (Phi) is 4.79. The van der Waals surface area contributed by atoms with E-state index in [-0.39, 0.29) is 5.78 Å². The van der Waals surface area contributed by atoms with Gasteiger partial charge in [0.25, 0.3) is 0 Å². The zero-order valence-electron chi connectivity index (χ0n) is 7.63. The first-order chi connectivity index (χ1) is 5.07. The molecule has 0 atom stereocenters. The highest BCUT2D eigenvalue weighted by Crippen LogP contribution is 1.95. The molecular formula is C9H17NO. The van der Waals surface area contributed by atoms with Crippen LogP contribution in [0.2, 0.25) is 0 Å². The highest BCUT2D eigenvalue weighted by Gasteiger charge is 2.03. The van der Waals surface area contributed by atoms with Gasteiger partial charge in [0, 0.05) is 19.0 Å². The Morgan fingerprint density at radius 1 is 1.64 bits per heavy atom. The second-order valence-electron chi connectivity index (χ2n) is 2.99. The molecule has 0 saturated carbocycles. The molecule has 0 unspecified atom stereocenters. The summed E-state index contributed by atoms with van der Waals surface area (Å²) in [5.74, 6) is 0.123. The van der Waals surface area contributed by atoms with E-state index in [1.165, 1.54) is 6.08 Å². The average molecular weight is 155 g/mol. The summed E-state index contributed by atoms with van der Waals surface area (Å²) in [6, 6.07) is 0.507. The van der Waals surface area contributed by atoms with Crippen LogP contribution in [0.1, 0.15) is 20.3 Å². The van der Waals surface area contributed by atoms with Gasteiger partial charge in [-0.05, 0) is 27.0 Å². The Bertz CT molecular complexity index is 140. The van der Waals surface area contributed by atoms with E-state index in [0.29, 0.717) is 12.5 Å². The van der Waals surface area contributed by atoms with E-state index < -0.39 is 0 Å². The van der Waals surface area contributed by atoms with Crippen molar-refractivity contribution in [2.24, 2.45) is 0 Å². The number of hydrogen-bond acceptors (Lipinski definition) is 2. The largest absolute Gasteiger partial charge is 0.304 e. The molecule has 0 aromatic rings. The van der Waals surface area contributed by atoms with Crippen LogP contribution in [0, 0.1) is 0 Å². The van der Waals surface area contributed by atoms with Crippen LogP contribution >= 0.6 is 0 Å². The molecule has 0 amide bonds. The van der Waals surface area contributed by atoms with E-state index >= 15 is 0 Å². The molecule has 2 nitrogen and oxygen atoms in total. The van der Waals surface area contributed by atoms with Crippen LogP contribution in [0.4, 0.5) is 0 Å². The lowest BCUT2D eigenvalue weighted by atomic mass is 10.2. The lowest BCUT2D eigenvalue weighted by molar-refractivity contribution is -0.114. The maximum atomic E-state index is 10.8. The van der Waals surface area contributed by atoms with Crippen LogP contribution in [0.3, 0.4) is 0 Å². The quantitative estimate of drug-likeness (QED) is 0.560. The monoisotopic (exact) mass is 155 g/mol. The summed E-state index contributed by atoms with van der Waals surface area (Å²) >= 11 is 0. The van der Waals surface area contributed by atoms with E-state index in [0.717, 1.165) is 6.54 Å². The summed E-state index contributed by atoms with van der Waals surface area (Å²) in [5, 5.41) is 0. The summed E-state index contributed by atoms with van der Waals surface area (Å²) in [6.07, 6.45) is 1.96. The molecule has 0 saturated heterocycles. The predicted octanol–water partition coefficient (Wildman–Crippen LogP) is 1.47. The predicted molar refractivity (Wildman–Crippen MR) is 47.6 cm³/mol. The molecule has 0 heterocycles. The van der Waals surface area contributed by atoms with Gasteiger partial charge in [-0.2, -0.15) is 0 Å². The first kappa shape index (κ1) is 10.4. The second-order valence-corrected chi connectivity index (χ2v) is 2.99. The second kappa shape index (κ2) is 5.08. The maximum Gasteiger partial charge on any atom is 0.156 e. The molecule has 0 aliphatic carbocycles. The van der Waals surface area contributed by atoms with Gasteiger partial charge >= 0.3 is 0 Å². The number of carbonyl (C=O) groups is 1. The van der Waals surface area contributed by atoms with Gasteiger partial charge in [-0.25, -0.2) is 0 Å². The maximum absolute atomic E-state index is 10.8. The molecule has 64 valence electrons. The van der Waals surface area contributed by atoms with Gasteiger partial charge < -0.3 is 4.90 Å². The van der Waals surface area contributed by atoms with Crippen molar-refractivity contribution in [2.75, 3.05) is 13.6 Å². The molecule has 0 rings (SSSR count). The molecule has 0 fully saturated rings. The van der Waals surface area contributed by atoms with Gasteiger partial charge in [0.15, 0.2) is 5.78 Å². The van der Waals surface area contributed by atoms with Crippen molar-refractivity contribution in [3.05, 3.63) is 12.7 Å². The molecule has 11 heavy (non-hydrogen) atoms. The molecular weight excluding hydrogens is 138 g/mol. The van der Waals surface area contributed by atoms with Crippen molar-refractivity contribution in [3.8, 4) is 0 Å². The minimum absolute atomic E-state index is 0.123. The van der Waals surface area contributed by atoms with E-state index in [4.69, 9.17) is 0 Å². The zero-order valence-corrected chi connectivity index (χ0v) is 7.63. The Morgan fingerprint density at radius 2 is 2.18 bits per heavy atom. The summed E-state index contributed by atoms with van der Waals surface area (Å²) in [4.78, 5) is 12.9. The number of carbonyl (C=O) groups excluding carboxylic acids is 1. The number of ketones is 1. The molecule has 0 aliphatic heterocycles. The molecule has 0 aromatic heterocycles. The Labute approximate surface area is 68.9 Å². The molecule has 0 radical (unpaired) electrons. The number of nitrogens with zero attached hydrogens (tertiary/aromatic N) is 1. The van der Waals surface area contributed by atoms with Gasteiger partial charge in [0.2, 0.25) is 0 Å². The van der Waals surface area contributed by atoms with Gasteiger partial charge in [-0.1, -0.05) is 6.58 Å². The molecule has 0 N–H and O–H groups in total. The smallest absolute Gasteiger partial charge is 0.156 e. The van der Waals surface area contributed by atoms with Crippen molar-refractivity contribution in [3.63, 3.8) is 0 Å². The van der Waals surface area contributed by atoms with Crippen molar-refractivity contribution >= 4 is 5.78 Å². The minimum atomic E-state index is 0.123. The van der Waals surface area contributed by atoms with Crippen LogP contribution < -0.4 is 0 Å². The van der Waals surface area contributed by atoms with E-state index in [1.807, 2.05) is 7.05 Å². The van der Waals surface area contributed by atoms with Gasteiger partial charge in [0.05, 0.1) is 0 Å². The number of hydrogen-bond donors (Lipinski definition) is 0. The Morgan fingerprint density at radius 3 is 2.55 bits per heavy atom. The summed E-state index contributed by atoms with van der Waals surface area (Å²) in [7, 11) is 2.01. The molecule has 0 bridgehead atoms.